The van der Waals surface area contributed by atoms with E-state index in [-0.39, 0.29) is 5.82 Å². The van der Waals surface area contributed by atoms with Crippen molar-refractivity contribution in [3.63, 3.8) is 0 Å². The first-order chi connectivity index (χ1) is 9.20. The largest absolute Gasteiger partial charge is 0.491 e. The Bertz CT molecular complexity index is 405. The van der Waals surface area contributed by atoms with Gasteiger partial charge in [0, 0.05) is 31.4 Å². The van der Waals surface area contributed by atoms with Crippen molar-refractivity contribution in [2.45, 2.75) is 32.2 Å². The van der Waals surface area contributed by atoms with Gasteiger partial charge in [-0.3, -0.25) is 0 Å². The smallest absolute Gasteiger partial charge is 0.167 e. The van der Waals surface area contributed by atoms with E-state index in [4.69, 9.17) is 4.74 Å². The number of ether oxygens (including phenoxy) is 1. The molecule has 0 aromatic heterocycles. The highest BCUT2D eigenvalue weighted by Crippen LogP contribution is 2.23. The molecule has 1 unspecified atom stereocenters. The Morgan fingerprint density at radius 3 is 2.95 bits per heavy atom. The fourth-order valence-electron chi connectivity index (χ4n) is 2.48. The molecule has 1 aliphatic heterocycles. The minimum absolute atomic E-state index is 0.287. The van der Waals surface area contributed by atoms with Crippen molar-refractivity contribution in [1.82, 2.24) is 5.32 Å². The number of anilines is 1. The molecule has 2 rings (SSSR count). The molecule has 1 atom stereocenters. The topological polar surface area (TPSA) is 24.5 Å². The lowest BCUT2D eigenvalue weighted by atomic mass is 10.1. The Balaban J connectivity index is 1.90. The molecule has 1 aromatic rings. The van der Waals surface area contributed by atoms with Crippen LogP contribution in [0.2, 0.25) is 0 Å². The molecule has 1 aliphatic rings. The SMILES string of the molecule is CCOc1ccc(N(C)CCC2CCCN2)cc1F. The first-order valence-electron chi connectivity index (χ1n) is 7.07. The van der Waals surface area contributed by atoms with Crippen molar-refractivity contribution in [3.05, 3.63) is 24.0 Å². The van der Waals surface area contributed by atoms with Crippen molar-refractivity contribution in [1.29, 1.82) is 0 Å². The predicted molar refractivity (Wildman–Crippen MR) is 76.5 cm³/mol. The van der Waals surface area contributed by atoms with E-state index in [1.165, 1.54) is 12.8 Å². The van der Waals surface area contributed by atoms with Crippen LogP contribution in [0.4, 0.5) is 10.1 Å². The summed E-state index contributed by atoms with van der Waals surface area (Å²) in [5, 5.41) is 3.48. The Morgan fingerprint density at radius 2 is 2.32 bits per heavy atom. The zero-order valence-corrected chi connectivity index (χ0v) is 11.8. The number of rotatable bonds is 6. The third-order valence-electron chi connectivity index (χ3n) is 3.63. The van der Waals surface area contributed by atoms with Crippen LogP contribution in [0, 0.1) is 5.82 Å². The highest BCUT2D eigenvalue weighted by Gasteiger charge is 2.15. The lowest BCUT2D eigenvalue weighted by molar-refractivity contribution is 0.321. The molecule has 1 saturated heterocycles. The molecular weight excluding hydrogens is 243 g/mol. The monoisotopic (exact) mass is 266 g/mol. The summed E-state index contributed by atoms with van der Waals surface area (Å²) in [7, 11) is 2.00. The van der Waals surface area contributed by atoms with Gasteiger partial charge in [0.2, 0.25) is 0 Å². The van der Waals surface area contributed by atoms with Gasteiger partial charge < -0.3 is 15.0 Å². The van der Waals surface area contributed by atoms with Crippen molar-refractivity contribution in [2.24, 2.45) is 0 Å². The van der Waals surface area contributed by atoms with Crippen LogP contribution in [-0.2, 0) is 0 Å². The Morgan fingerprint density at radius 1 is 1.47 bits per heavy atom. The van der Waals surface area contributed by atoms with E-state index in [2.05, 4.69) is 10.2 Å². The van der Waals surface area contributed by atoms with Gasteiger partial charge in [0.1, 0.15) is 0 Å². The van der Waals surface area contributed by atoms with Crippen LogP contribution in [0.1, 0.15) is 26.2 Å². The first-order valence-corrected chi connectivity index (χ1v) is 7.07. The molecule has 4 heteroatoms. The Hall–Kier alpha value is -1.29. The summed E-state index contributed by atoms with van der Waals surface area (Å²) in [5.74, 6) is 0.0438. The zero-order valence-electron chi connectivity index (χ0n) is 11.8. The number of halogens is 1. The molecule has 0 spiro atoms. The van der Waals surface area contributed by atoms with Crippen molar-refractivity contribution in [3.8, 4) is 5.75 Å². The first kappa shape index (κ1) is 14.1. The number of hydrogen-bond donors (Lipinski definition) is 1. The van der Waals surface area contributed by atoms with Crippen LogP contribution in [0.25, 0.3) is 0 Å². The molecule has 0 aliphatic carbocycles. The van der Waals surface area contributed by atoms with Crippen molar-refractivity contribution < 1.29 is 9.13 Å². The average Bonchev–Trinajstić information content (AvgIpc) is 2.91. The number of nitrogens with zero attached hydrogens (tertiary/aromatic N) is 1. The second kappa shape index (κ2) is 6.75. The van der Waals surface area contributed by atoms with Gasteiger partial charge in [-0.15, -0.1) is 0 Å². The van der Waals surface area contributed by atoms with Gasteiger partial charge in [-0.1, -0.05) is 0 Å². The average molecular weight is 266 g/mol. The highest BCUT2D eigenvalue weighted by atomic mass is 19.1. The summed E-state index contributed by atoms with van der Waals surface area (Å²) >= 11 is 0. The standard InChI is InChI=1S/C15H23FN2O/c1-3-19-15-7-6-13(11-14(15)16)18(2)10-8-12-5-4-9-17-12/h6-7,11-12,17H,3-5,8-10H2,1-2H3. The van der Waals surface area contributed by atoms with E-state index in [0.717, 1.165) is 25.2 Å². The summed E-state index contributed by atoms with van der Waals surface area (Å²) in [6.45, 7) is 4.41. The van der Waals surface area contributed by atoms with Crippen molar-refractivity contribution in [2.75, 3.05) is 31.6 Å². The summed E-state index contributed by atoms with van der Waals surface area (Å²) in [6.07, 6.45) is 3.63. The molecule has 1 fully saturated rings. The van der Waals surface area contributed by atoms with Gasteiger partial charge in [0.25, 0.3) is 0 Å². The second-order valence-corrected chi connectivity index (χ2v) is 5.05. The van der Waals surface area contributed by atoms with Gasteiger partial charge in [-0.05, 0) is 44.9 Å². The molecule has 19 heavy (non-hydrogen) atoms. The maximum Gasteiger partial charge on any atom is 0.167 e. The fourth-order valence-corrected chi connectivity index (χ4v) is 2.48. The molecular formula is C15H23FN2O. The summed E-state index contributed by atoms with van der Waals surface area (Å²) in [6, 6.07) is 5.79. The Labute approximate surface area is 114 Å². The third kappa shape index (κ3) is 3.83. The molecule has 1 N–H and O–H groups in total. The summed E-state index contributed by atoms with van der Waals surface area (Å²) < 4.78 is 19.0. The maximum atomic E-state index is 13.8. The Kier molecular flexibility index (Phi) is 5.02. The van der Waals surface area contributed by atoms with E-state index in [0.29, 0.717) is 18.4 Å². The van der Waals surface area contributed by atoms with E-state index in [9.17, 15) is 4.39 Å². The lowest BCUT2D eigenvalue weighted by Gasteiger charge is -2.22. The molecule has 0 bridgehead atoms. The molecule has 3 nitrogen and oxygen atoms in total. The van der Waals surface area contributed by atoms with E-state index in [1.807, 2.05) is 20.0 Å². The number of benzene rings is 1. The molecule has 106 valence electrons. The number of hydrogen-bond acceptors (Lipinski definition) is 3. The quantitative estimate of drug-likeness (QED) is 0.857. The summed E-state index contributed by atoms with van der Waals surface area (Å²) in [4.78, 5) is 2.10. The van der Waals surface area contributed by atoms with E-state index >= 15 is 0 Å². The minimum atomic E-state index is -0.287. The maximum absolute atomic E-state index is 13.8. The van der Waals surface area contributed by atoms with Crippen LogP contribution < -0.4 is 15.0 Å². The van der Waals surface area contributed by atoms with Gasteiger partial charge >= 0.3 is 0 Å². The van der Waals surface area contributed by atoms with Gasteiger partial charge in [0.15, 0.2) is 11.6 Å². The van der Waals surface area contributed by atoms with Gasteiger partial charge in [-0.2, -0.15) is 0 Å². The molecule has 0 radical (unpaired) electrons. The van der Waals surface area contributed by atoms with Crippen LogP contribution in [0.5, 0.6) is 5.75 Å². The van der Waals surface area contributed by atoms with Crippen LogP contribution in [-0.4, -0.2) is 32.8 Å². The fraction of sp³-hybridized carbons (Fsp3) is 0.600. The summed E-state index contributed by atoms with van der Waals surface area (Å²) in [5.41, 5.74) is 0.902. The van der Waals surface area contributed by atoms with Crippen LogP contribution in [0.15, 0.2) is 18.2 Å². The lowest BCUT2D eigenvalue weighted by Crippen LogP contribution is -2.28. The third-order valence-corrected chi connectivity index (χ3v) is 3.63. The zero-order chi connectivity index (χ0) is 13.7. The van der Waals surface area contributed by atoms with Crippen LogP contribution in [0.3, 0.4) is 0 Å². The molecule has 0 saturated carbocycles. The van der Waals surface area contributed by atoms with E-state index < -0.39 is 0 Å². The van der Waals surface area contributed by atoms with Crippen LogP contribution >= 0.6 is 0 Å². The minimum Gasteiger partial charge on any atom is -0.491 e. The highest BCUT2D eigenvalue weighted by molar-refractivity contribution is 5.49. The van der Waals surface area contributed by atoms with Gasteiger partial charge in [-0.25, -0.2) is 4.39 Å². The molecule has 0 amide bonds. The molecule has 1 heterocycles. The second-order valence-electron chi connectivity index (χ2n) is 5.05. The predicted octanol–water partition coefficient (Wildman–Crippen LogP) is 2.80. The molecule has 1 aromatic carbocycles. The number of nitrogens with one attached hydrogen (secondary N) is 1. The normalized spacial score (nSPS) is 18.6. The van der Waals surface area contributed by atoms with Gasteiger partial charge in [0.05, 0.1) is 6.61 Å². The van der Waals surface area contributed by atoms with Crippen molar-refractivity contribution >= 4 is 5.69 Å². The van der Waals surface area contributed by atoms with E-state index in [1.54, 1.807) is 12.1 Å².